The number of ether oxygens (including phenoxy) is 1. The van der Waals surface area contributed by atoms with E-state index in [1.807, 2.05) is 0 Å². The highest BCUT2D eigenvalue weighted by Gasteiger charge is 2.17. The fourth-order valence-corrected chi connectivity index (χ4v) is 3.02. The SMILES string of the molecule is Cc1cnc(C(=O)OCC(=O)Nc2c(Br)cc([N+](=O)[O-])cc2Br)cn1. The average molecular weight is 474 g/mol. The van der Waals surface area contributed by atoms with Gasteiger partial charge in [0.1, 0.15) is 0 Å². The fourth-order valence-electron chi connectivity index (χ4n) is 1.66. The van der Waals surface area contributed by atoms with E-state index < -0.39 is 23.4 Å². The van der Waals surface area contributed by atoms with Crippen molar-refractivity contribution in [3.63, 3.8) is 0 Å². The summed E-state index contributed by atoms with van der Waals surface area (Å²) in [4.78, 5) is 41.7. The van der Waals surface area contributed by atoms with Crippen LogP contribution in [-0.2, 0) is 9.53 Å². The summed E-state index contributed by atoms with van der Waals surface area (Å²) in [5.74, 6) is -1.41. The summed E-state index contributed by atoms with van der Waals surface area (Å²) in [5.41, 5.74) is 0.751. The van der Waals surface area contributed by atoms with E-state index >= 15 is 0 Å². The topological polar surface area (TPSA) is 124 Å². The average Bonchev–Trinajstić information content (AvgIpc) is 2.56. The highest BCUT2D eigenvalue weighted by atomic mass is 79.9. The molecule has 1 amide bonds. The molecule has 0 fully saturated rings. The molecule has 0 radical (unpaired) electrons. The number of amides is 1. The smallest absolute Gasteiger partial charge is 0.359 e. The van der Waals surface area contributed by atoms with E-state index in [1.165, 1.54) is 24.5 Å². The number of carbonyl (C=O) groups excluding carboxylic acids is 2. The fraction of sp³-hybridized carbons (Fsp3) is 0.143. The van der Waals surface area contributed by atoms with Crippen molar-refractivity contribution in [2.75, 3.05) is 11.9 Å². The van der Waals surface area contributed by atoms with Crippen LogP contribution in [0.15, 0.2) is 33.5 Å². The molecule has 2 rings (SSSR count). The number of nitro groups is 1. The van der Waals surface area contributed by atoms with Crippen molar-refractivity contribution in [1.29, 1.82) is 0 Å². The van der Waals surface area contributed by atoms with Gasteiger partial charge in [-0.25, -0.2) is 9.78 Å². The van der Waals surface area contributed by atoms with Gasteiger partial charge >= 0.3 is 5.97 Å². The van der Waals surface area contributed by atoms with Crippen LogP contribution in [0.2, 0.25) is 0 Å². The number of carbonyl (C=O) groups is 2. The zero-order valence-electron chi connectivity index (χ0n) is 12.7. The minimum atomic E-state index is -0.788. The maximum Gasteiger partial charge on any atom is 0.359 e. The number of halogens is 2. The molecule has 0 aliphatic rings. The number of non-ortho nitro benzene ring substituents is 1. The van der Waals surface area contributed by atoms with Gasteiger partial charge in [-0.1, -0.05) is 0 Å². The standard InChI is InChI=1S/C14H10Br2N4O5/c1-7-4-18-11(5-17-7)14(22)25-6-12(21)19-13-9(15)2-8(20(23)24)3-10(13)16/h2-5H,6H2,1H3,(H,19,21). The Morgan fingerprint density at radius 3 is 2.40 bits per heavy atom. The summed E-state index contributed by atoms with van der Waals surface area (Å²) in [6.45, 7) is 1.17. The number of esters is 1. The molecule has 0 spiro atoms. The molecule has 0 aliphatic heterocycles. The molecule has 1 heterocycles. The molecule has 130 valence electrons. The maximum absolute atomic E-state index is 11.9. The Kier molecular flexibility index (Phi) is 6.15. The first-order valence-electron chi connectivity index (χ1n) is 6.67. The van der Waals surface area contributed by atoms with Crippen molar-refractivity contribution < 1.29 is 19.2 Å². The lowest BCUT2D eigenvalue weighted by Crippen LogP contribution is -2.22. The zero-order valence-corrected chi connectivity index (χ0v) is 15.8. The lowest BCUT2D eigenvalue weighted by molar-refractivity contribution is -0.385. The quantitative estimate of drug-likeness (QED) is 0.402. The first-order valence-corrected chi connectivity index (χ1v) is 8.25. The van der Waals surface area contributed by atoms with Gasteiger partial charge in [0.05, 0.1) is 22.5 Å². The van der Waals surface area contributed by atoms with Crippen molar-refractivity contribution in [3.05, 3.63) is 55.0 Å². The van der Waals surface area contributed by atoms with E-state index in [0.29, 0.717) is 14.6 Å². The number of benzene rings is 1. The van der Waals surface area contributed by atoms with Gasteiger partial charge in [-0.3, -0.25) is 19.9 Å². The number of rotatable bonds is 5. The van der Waals surface area contributed by atoms with Crippen LogP contribution in [-0.4, -0.2) is 33.4 Å². The first-order chi connectivity index (χ1) is 11.8. The molecule has 1 N–H and O–H groups in total. The number of aryl methyl sites for hydroxylation is 1. The van der Waals surface area contributed by atoms with Crippen LogP contribution in [0, 0.1) is 17.0 Å². The number of aromatic nitrogens is 2. The molecule has 9 nitrogen and oxygen atoms in total. The van der Waals surface area contributed by atoms with Crippen LogP contribution in [0.3, 0.4) is 0 Å². The Bertz CT molecular complexity index is 819. The van der Waals surface area contributed by atoms with Gasteiger partial charge in [-0.15, -0.1) is 0 Å². The van der Waals surface area contributed by atoms with Crippen LogP contribution in [0.25, 0.3) is 0 Å². The second kappa shape index (κ2) is 8.12. The van der Waals surface area contributed by atoms with Crippen LogP contribution in [0.5, 0.6) is 0 Å². The third-order valence-electron chi connectivity index (χ3n) is 2.83. The summed E-state index contributed by atoms with van der Waals surface area (Å²) in [5, 5.41) is 13.3. The summed E-state index contributed by atoms with van der Waals surface area (Å²) >= 11 is 6.29. The van der Waals surface area contributed by atoms with Gasteiger partial charge in [-0.2, -0.15) is 0 Å². The van der Waals surface area contributed by atoms with Crippen molar-refractivity contribution in [1.82, 2.24) is 9.97 Å². The number of hydrogen-bond donors (Lipinski definition) is 1. The largest absolute Gasteiger partial charge is 0.451 e. The Hall–Kier alpha value is -2.40. The van der Waals surface area contributed by atoms with Crippen molar-refractivity contribution >= 4 is 55.1 Å². The normalized spacial score (nSPS) is 10.2. The molecule has 0 bridgehead atoms. The van der Waals surface area contributed by atoms with E-state index in [9.17, 15) is 19.7 Å². The summed E-state index contributed by atoms with van der Waals surface area (Å²) in [6.07, 6.45) is 2.65. The summed E-state index contributed by atoms with van der Waals surface area (Å²) in [6, 6.07) is 2.49. The second-order valence-corrected chi connectivity index (χ2v) is 6.42. The molecule has 0 saturated carbocycles. The van der Waals surface area contributed by atoms with Crippen LogP contribution in [0.4, 0.5) is 11.4 Å². The Balaban J connectivity index is 2.00. The van der Waals surface area contributed by atoms with Crippen molar-refractivity contribution in [2.45, 2.75) is 6.92 Å². The van der Waals surface area contributed by atoms with Crippen LogP contribution >= 0.6 is 31.9 Å². The molecule has 0 unspecified atom stereocenters. The van der Waals surface area contributed by atoms with E-state index in [-0.39, 0.29) is 17.1 Å². The second-order valence-electron chi connectivity index (χ2n) is 4.71. The molecule has 1 aromatic heterocycles. The summed E-state index contributed by atoms with van der Waals surface area (Å²) in [7, 11) is 0. The van der Waals surface area contributed by atoms with Gasteiger partial charge in [0.15, 0.2) is 12.3 Å². The van der Waals surface area contributed by atoms with Crippen LogP contribution in [0.1, 0.15) is 16.2 Å². The third-order valence-corrected chi connectivity index (χ3v) is 4.08. The van der Waals surface area contributed by atoms with Crippen LogP contribution < -0.4 is 5.32 Å². The number of nitrogens with one attached hydrogen (secondary N) is 1. The molecule has 0 saturated heterocycles. The maximum atomic E-state index is 11.9. The zero-order chi connectivity index (χ0) is 18.6. The van der Waals surface area contributed by atoms with E-state index in [2.05, 4.69) is 47.1 Å². The van der Waals surface area contributed by atoms with Gasteiger partial charge in [0.2, 0.25) is 0 Å². The predicted molar refractivity (Wildman–Crippen MR) is 94.2 cm³/mol. The number of nitro benzene ring substituents is 1. The molecular weight excluding hydrogens is 464 g/mol. The highest BCUT2D eigenvalue weighted by Crippen LogP contribution is 2.35. The van der Waals surface area contributed by atoms with Gasteiger partial charge in [0.25, 0.3) is 11.6 Å². The highest BCUT2D eigenvalue weighted by molar-refractivity contribution is 9.11. The molecule has 25 heavy (non-hydrogen) atoms. The van der Waals surface area contributed by atoms with E-state index in [0.717, 1.165) is 0 Å². The summed E-state index contributed by atoms with van der Waals surface area (Å²) < 4.78 is 5.46. The first kappa shape index (κ1) is 18.9. The minimum absolute atomic E-state index is 0.0175. The van der Waals surface area contributed by atoms with Gasteiger partial charge in [-0.05, 0) is 38.8 Å². The molecule has 0 aliphatic carbocycles. The number of anilines is 1. The van der Waals surface area contributed by atoms with Crippen molar-refractivity contribution in [3.8, 4) is 0 Å². The predicted octanol–water partition coefficient (Wildman–Crippen LogP) is 3.01. The molecule has 0 atom stereocenters. The van der Waals surface area contributed by atoms with E-state index in [1.54, 1.807) is 6.92 Å². The Morgan fingerprint density at radius 2 is 1.88 bits per heavy atom. The number of nitrogens with zero attached hydrogens (tertiary/aromatic N) is 3. The molecule has 1 aromatic carbocycles. The monoisotopic (exact) mass is 472 g/mol. The van der Waals surface area contributed by atoms with Crippen molar-refractivity contribution in [2.24, 2.45) is 0 Å². The molecular formula is C14H10Br2N4O5. The Morgan fingerprint density at radius 1 is 1.24 bits per heavy atom. The lowest BCUT2D eigenvalue weighted by atomic mass is 10.3. The van der Waals surface area contributed by atoms with Gasteiger partial charge in [0, 0.05) is 27.3 Å². The number of hydrogen-bond acceptors (Lipinski definition) is 7. The third kappa shape index (κ3) is 5.03. The molecule has 2 aromatic rings. The van der Waals surface area contributed by atoms with E-state index in [4.69, 9.17) is 4.74 Å². The van der Waals surface area contributed by atoms with Gasteiger partial charge < -0.3 is 10.1 Å². The Labute approximate surface area is 158 Å². The molecule has 11 heteroatoms. The lowest BCUT2D eigenvalue weighted by Gasteiger charge is -2.10. The minimum Gasteiger partial charge on any atom is -0.451 e.